The molecule has 0 aliphatic heterocycles. The van der Waals surface area contributed by atoms with Crippen molar-refractivity contribution in [3.63, 3.8) is 0 Å². The van der Waals surface area contributed by atoms with Gasteiger partial charge in [0, 0.05) is 6.92 Å². The van der Waals surface area contributed by atoms with E-state index in [0.29, 0.717) is 5.82 Å². The summed E-state index contributed by atoms with van der Waals surface area (Å²) >= 11 is 0. The van der Waals surface area contributed by atoms with Gasteiger partial charge in [0.2, 0.25) is 0 Å². The highest BCUT2D eigenvalue weighted by Gasteiger charge is 2.31. The van der Waals surface area contributed by atoms with Gasteiger partial charge in [-0.25, -0.2) is 13.8 Å². The summed E-state index contributed by atoms with van der Waals surface area (Å²) in [5, 5.41) is 2.19. The number of imidazole rings is 1. The first-order valence-corrected chi connectivity index (χ1v) is 4.51. The van der Waals surface area contributed by atoms with Gasteiger partial charge in [0.1, 0.15) is 11.5 Å². The average Bonchev–Trinajstić information content (AvgIpc) is 2.50. The first-order valence-electron chi connectivity index (χ1n) is 4.51. The van der Waals surface area contributed by atoms with Crippen LogP contribution in [0.15, 0.2) is 6.20 Å². The lowest BCUT2D eigenvalue weighted by molar-refractivity contribution is -0.0108. The highest BCUT2D eigenvalue weighted by Crippen LogP contribution is 2.16. The van der Waals surface area contributed by atoms with Crippen LogP contribution in [0.5, 0.6) is 0 Å². The number of aromatic nitrogens is 2. The Morgan fingerprint density at radius 3 is 2.67 bits per heavy atom. The van der Waals surface area contributed by atoms with Crippen LogP contribution in [0.3, 0.4) is 0 Å². The Balaban J connectivity index is 2.64. The van der Waals surface area contributed by atoms with E-state index >= 15 is 0 Å². The highest BCUT2D eigenvalue weighted by molar-refractivity contribution is 5.92. The molecular formula is C9H13F2N3O. The van der Waals surface area contributed by atoms with Crippen molar-refractivity contribution in [3.05, 3.63) is 17.7 Å². The van der Waals surface area contributed by atoms with Gasteiger partial charge in [0.15, 0.2) is 0 Å². The van der Waals surface area contributed by atoms with Gasteiger partial charge in [-0.1, -0.05) is 0 Å². The topological polar surface area (TPSA) is 57.8 Å². The highest BCUT2D eigenvalue weighted by atomic mass is 19.3. The molecule has 0 radical (unpaired) electrons. The minimum atomic E-state index is -2.94. The first-order chi connectivity index (χ1) is 6.80. The number of alkyl halides is 2. The molecule has 1 amide bonds. The third kappa shape index (κ3) is 3.00. The molecule has 6 heteroatoms. The Morgan fingerprint density at radius 1 is 1.67 bits per heavy atom. The average molecular weight is 217 g/mol. The van der Waals surface area contributed by atoms with Crippen LogP contribution in [-0.2, 0) is 0 Å². The van der Waals surface area contributed by atoms with Crippen molar-refractivity contribution in [2.45, 2.75) is 32.7 Å². The second kappa shape index (κ2) is 3.96. The predicted molar refractivity (Wildman–Crippen MR) is 50.9 cm³/mol. The van der Waals surface area contributed by atoms with Crippen LogP contribution >= 0.6 is 0 Å². The number of carbonyl (C=O) groups excluding carboxylic acids is 1. The number of nitrogens with zero attached hydrogens (tertiary/aromatic N) is 1. The molecule has 1 heterocycles. The van der Waals surface area contributed by atoms with Crippen LogP contribution in [0.2, 0.25) is 0 Å². The molecule has 84 valence electrons. The maximum absolute atomic E-state index is 12.8. The summed E-state index contributed by atoms with van der Waals surface area (Å²) < 4.78 is 25.5. The van der Waals surface area contributed by atoms with Crippen molar-refractivity contribution >= 4 is 5.91 Å². The molecule has 4 nitrogen and oxygen atoms in total. The van der Waals surface area contributed by atoms with Gasteiger partial charge < -0.3 is 10.3 Å². The van der Waals surface area contributed by atoms with Crippen molar-refractivity contribution in [2.75, 3.05) is 0 Å². The van der Waals surface area contributed by atoms with Crippen LogP contribution < -0.4 is 5.32 Å². The van der Waals surface area contributed by atoms with Crippen molar-refractivity contribution in [1.82, 2.24) is 15.3 Å². The van der Waals surface area contributed by atoms with Crippen molar-refractivity contribution in [3.8, 4) is 0 Å². The van der Waals surface area contributed by atoms with Crippen LogP contribution in [0, 0.1) is 6.92 Å². The number of hydrogen-bond acceptors (Lipinski definition) is 2. The third-order valence-electron chi connectivity index (χ3n) is 2.06. The number of carbonyl (C=O) groups is 1. The molecule has 0 fully saturated rings. The fraction of sp³-hybridized carbons (Fsp3) is 0.556. The minimum absolute atomic E-state index is 0.184. The Hall–Kier alpha value is -1.46. The van der Waals surface area contributed by atoms with Gasteiger partial charge in [-0.3, -0.25) is 4.79 Å². The van der Waals surface area contributed by atoms with Crippen LogP contribution in [0.4, 0.5) is 8.78 Å². The van der Waals surface area contributed by atoms with E-state index in [0.717, 1.165) is 6.92 Å². The molecule has 0 unspecified atom stereocenters. The summed E-state index contributed by atoms with van der Waals surface area (Å²) in [6.07, 6.45) is 1.31. The monoisotopic (exact) mass is 217 g/mol. The lowest BCUT2D eigenvalue weighted by Gasteiger charge is -2.19. The van der Waals surface area contributed by atoms with Crippen molar-refractivity contribution in [2.24, 2.45) is 0 Å². The standard InChI is InChI=1S/C9H13F2N3O/c1-5(9(3,10)11)13-8(15)7-4-12-6(2)14-7/h4-5H,1-3H3,(H,12,14)(H,13,15)/t5-/m0/s1. The van der Waals surface area contributed by atoms with Gasteiger partial charge in [-0.15, -0.1) is 0 Å². The van der Waals surface area contributed by atoms with E-state index in [2.05, 4.69) is 15.3 Å². The molecule has 0 bridgehead atoms. The number of rotatable bonds is 3. The summed E-state index contributed by atoms with van der Waals surface area (Å²) in [5.41, 5.74) is 0.184. The summed E-state index contributed by atoms with van der Waals surface area (Å²) in [5.74, 6) is -2.95. The number of hydrogen-bond donors (Lipinski definition) is 2. The molecule has 1 aromatic rings. The summed E-state index contributed by atoms with van der Waals surface area (Å²) in [7, 11) is 0. The zero-order chi connectivity index (χ0) is 11.6. The van der Waals surface area contributed by atoms with Crippen molar-refractivity contribution < 1.29 is 13.6 Å². The second-order valence-electron chi connectivity index (χ2n) is 3.53. The zero-order valence-electron chi connectivity index (χ0n) is 8.77. The smallest absolute Gasteiger partial charge is 0.269 e. The summed E-state index contributed by atoms with van der Waals surface area (Å²) in [6.45, 7) is 3.69. The molecule has 15 heavy (non-hydrogen) atoms. The van der Waals surface area contributed by atoms with E-state index in [1.165, 1.54) is 13.1 Å². The van der Waals surface area contributed by atoms with Gasteiger partial charge in [0.05, 0.1) is 12.2 Å². The van der Waals surface area contributed by atoms with Crippen LogP contribution in [0.1, 0.15) is 30.2 Å². The lowest BCUT2D eigenvalue weighted by atomic mass is 10.2. The normalized spacial score (nSPS) is 13.7. The van der Waals surface area contributed by atoms with Gasteiger partial charge in [-0.05, 0) is 13.8 Å². The van der Waals surface area contributed by atoms with E-state index in [1.54, 1.807) is 6.92 Å². The van der Waals surface area contributed by atoms with E-state index in [4.69, 9.17) is 0 Å². The minimum Gasteiger partial charge on any atom is -0.342 e. The molecular weight excluding hydrogens is 204 g/mol. The van der Waals surface area contributed by atoms with E-state index in [1.807, 2.05) is 0 Å². The molecule has 1 atom stereocenters. The summed E-state index contributed by atoms with van der Waals surface area (Å²) in [6, 6.07) is -1.21. The van der Waals surface area contributed by atoms with Gasteiger partial charge in [-0.2, -0.15) is 0 Å². The largest absolute Gasteiger partial charge is 0.342 e. The van der Waals surface area contributed by atoms with E-state index in [9.17, 15) is 13.6 Å². The first kappa shape index (κ1) is 11.6. The fourth-order valence-electron chi connectivity index (χ4n) is 0.937. The van der Waals surface area contributed by atoms with Gasteiger partial charge >= 0.3 is 0 Å². The quantitative estimate of drug-likeness (QED) is 0.805. The molecule has 2 N–H and O–H groups in total. The Kier molecular flexibility index (Phi) is 3.06. The molecule has 0 spiro atoms. The van der Waals surface area contributed by atoms with Gasteiger partial charge in [0.25, 0.3) is 11.8 Å². The number of nitrogens with one attached hydrogen (secondary N) is 2. The number of H-pyrrole nitrogens is 1. The van der Waals surface area contributed by atoms with Crippen LogP contribution in [0.25, 0.3) is 0 Å². The zero-order valence-corrected chi connectivity index (χ0v) is 8.77. The third-order valence-corrected chi connectivity index (χ3v) is 2.06. The number of aryl methyl sites for hydroxylation is 1. The lowest BCUT2D eigenvalue weighted by Crippen LogP contribution is -2.43. The Labute approximate surface area is 86.1 Å². The Bertz CT molecular complexity index is 356. The fourth-order valence-corrected chi connectivity index (χ4v) is 0.937. The van der Waals surface area contributed by atoms with Crippen LogP contribution in [-0.4, -0.2) is 27.8 Å². The molecule has 1 rings (SSSR count). The molecule has 0 aromatic carbocycles. The molecule has 0 saturated heterocycles. The maximum atomic E-state index is 12.8. The molecule has 0 aliphatic carbocycles. The van der Waals surface area contributed by atoms with Crippen molar-refractivity contribution in [1.29, 1.82) is 0 Å². The number of aromatic amines is 1. The summed E-state index contributed by atoms with van der Waals surface area (Å²) in [4.78, 5) is 17.9. The van der Waals surface area contributed by atoms with E-state index in [-0.39, 0.29) is 5.69 Å². The van der Waals surface area contributed by atoms with E-state index < -0.39 is 17.9 Å². The molecule has 0 saturated carbocycles. The SMILES string of the molecule is Cc1ncc(C(=O)N[C@@H](C)C(C)(F)F)[nH]1. The number of halogens is 2. The Morgan fingerprint density at radius 2 is 2.27 bits per heavy atom. The second-order valence-corrected chi connectivity index (χ2v) is 3.53. The predicted octanol–water partition coefficient (Wildman–Crippen LogP) is 1.49. The number of amides is 1. The molecule has 0 aliphatic rings. The maximum Gasteiger partial charge on any atom is 0.269 e. The molecule has 1 aromatic heterocycles.